The third-order valence-corrected chi connectivity index (χ3v) is 3.06. The van der Waals surface area contributed by atoms with E-state index in [0.717, 1.165) is 12.5 Å². The fourth-order valence-corrected chi connectivity index (χ4v) is 2.03. The monoisotopic (exact) mass is 201 g/mol. The van der Waals surface area contributed by atoms with Crippen molar-refractivity contribution in [1.29, 1.82) is 0 Å². The molecule has 0 radical (unpaired) electrons. The van der Waals surface area contributed by atoms with Gasteiger partial charge in [0.2, 0.25) is 0 Å². The van der Waals surface area contributed by atoms with Crippen molar-refractivity contribution in [2.45, 2.75) is 19.4 Å². The molecule has 0 atom stereocenters. The van der Waals surface area contributed by atoms with Crippen molar-refractivity contribution >= 4 is 16.6 Å². The van der Waals surface area contributed by atoms with Gasteiger partial charge < -0.3 is 5.32 Å². The standard InChI is InChI=1S/C12H15N3/c1-13-11-4-2-3-10-7-14-15(12(10)11)8-9-5-6-9/h2-4,7,9,13H,5-6,8H2,1H3. The summed E-state index contributed by atoms with van der Waals surface area (Å²) in [4.78, 5) is 0. The summed E-state index contributed by atoms with van der Waals surface area (Å²) in [5, 5.41) is 8.91. The minimum absolute atomic E-state index is 0.859. The first kappa shape index (κ1) is 8.77. The number of fused-ring (bicyclic) bond motifs is 1. The average Bonchev–Trinajstić information content (AvgIpc) is 2.98. The van der Waals surface area contributed by atoms with Crippen LogP contribution < -0.4 is 5.32 Å². The minimum atomic E-state index is 0.859. The second-order valence-corrected chi connectivity index (χ2v) is 4.26. The Morgan fingerprint density at radius 1 is 1.47 bits per heavy atom. The van der Waals surface area contributed by atoms with Crippen molar-refractivity contribution in [2.75, 3.05) is 12.4 Å². The van der Waals surface area contributed by atoms with Crippen LogP contribution in [0.25, 0.3) is 10.9 Å². The van der Waals surface area contributed by atoms with Crippen LogP contribution >= 0.6 is 0 Å². The summed E-state index contributed by atoms with van der Waals surface area (Å²) in [7, 11) is 1.96. The van der Waals surface area contributed by atoms with Crippen molar-refractivity contribution in [3.05, 3.63) is 24.4 Å². The Hall–Kier alpha value is -1.51. The lowest BCUT2D eigenvalue weighted by Gasteiger charge is -2.06. The number of benzene rings is 1. The summed E-state index contributed by atoms with van der Waals surface area (Å²) >= 11 is 0. The molecule has 0 aliphatic heterocycles. The van der Waals surface area contributed by atoms with E-state index in [1.54, 1.807) is 0 Å². The summed E-state index contributed by atoms with van der Waals surface area (Å²) in [5.74, 6) is 0.859. The Labute approximate surface area is 89.1 Å². The van der Waals surface area contributed by atoms with Gasteiger partial charge in [-0.1, -0.05) is 12.1 Å². The first-order valence-electron chi connectivity index (χ1n) is 5.51. The van der Waals surface area contributed by atoms with Crippen molar-refractivity contribution in [3.8, 4) is 0 Å². The van der Waals surface area contributed by atoms with Crippen LogP contribution in [0.4, 0.5) is 5.69 Å². The predicted octanol–water partition coefficient (Wildman–Crippen LogP) is 2.49. The van der Waals surface area contributed by atoms with E-state index in [1.165, 1.54) is 29.4 Å². The Kier molecular flexibility index (Phi) is 1.91. The first-order valence-corrected chi connectivity index (χ1v) is 5.51. The van der Waals surface area contributed by atoms with E-state index in [2.05, 4.69) is 33.3 Å². The number of nitrogens with one attached hydrogen (secondary N) is 1. The van der Waals surface area contributed by atoms with Gasteiger partial charge >= 0.3 is 0 Å². The van der Waals surface area contributed by atoms with Crippen LogP contribution in [0.3, 0.4) is 0 Å². The lowest BCUT2D eigenvalue weighted by Crippen LogP contribution is -2.03. The fourth-order valence-electron chi connectivity index (χ4n) is 2.03. The molecule has 1 N–H and O–H groups in total. The molecular weight excluding hydrogens is 186 g/mol. The summed E-state index contributed by atoms with van der Waals surface area (Å²) in [6, 6.07) is 6.29. The highest BCUT2D eigenvalue weighted by Crippen LogP contribution is 2.32. The highest BCUT2D eigenvalue weighted by molar-refractivity contribution is 5.90. The molecule has 3 nitrogen and oxygen atoms in total. The summed E-state index contributed by atoms with van der Waals surface area (Å²) < 4.78 is 2.14. The zero-order valence-electron chi connectivity index (χ0n) is 8.90. The second kappa shape index (κ2) is 3.26. The molecular formula is C12H15N3. The van der Waals surface area contributed by atoms with E-state index in [4.69, 9.17) is 0 Å². The van der Waals surface area contributed by atoms with Gasteiger partial charge in [0.05, 0.1) is 17.4 Å². The quantitative estimate of drug-likeness (QED) is 0.826. The Morgan fingerprint density at radius 2 is 2.33 bits per heavy atom. The third kappa shape index (κ3) is 1.48. The van der Waals surface area contributed by atoms with Gasteiger partial charge in [-0.15, -0.1) is 0 Å². The number of para-hydroxylation sites is 1. The summed E-state index contributed by atoms with van der Waals surface area (Å²) in [6.45, 7) is 1.07. The topological polar surface area (TPSA) is 29.9 Å². The number of aromatic nitrogens is 2. The van der Waals surface area contributed by atoms with Crippen molar-refractivity contribution in [1.82, 2.24) is 9.78 Å². The molecule has 78 valence electrons. The number of nitrogens with zero attached hydrogens (tertiary/aromatic N) is 2. The van der Waals surface area contributed by atoms with Crippen molar-refractivity contribution in [2.24, 2.45) is 5.92 Å². The molecule has 1 heterocycles. The van der Waals surface area contributed by atoms with E-state index in [1.807, 2.05) is 13.2 Å². The number of rotatable bonds is 3. The molecule has 0 bridgehead atoms. The zero-order chi connectivity index (χ0) is 10.3. The number of hydrogen-bond donors (Lipinski definition) is 1. The molecule has 1 saturated carbocycles. The smallest absolute Gasteiger partial charge is 0.0913 e. The molecule has 0 unspecified atom stereocenters. The first-order chi connectivity index (χ1) is 7.38. The second-order valence-electron chi connectivity index (χ2n) is 4.26. The molecule has 0 spiro atoms. The van der Waals surface area contributed by atoms with Crippen LogP contribution in [0.2, 0.25) is 0 Å². The van der Waals surface area contributed by atoms with Crippen LogP contribution in [0.1, 0.15) is 12.8 Å². The van der Waals surface area contributed by atoms with Crippen LogP contribution in [0.5, 0.6) is 0 Å². The molecule has 0 amide bonds. The zero-order valence-corrected chi connectivity index (χ0v) is 8.90. The minimum Gasteiger partial charge on any atom is -0.386 e. The van der Waals surface area contributed by atoms with Crippen molar-refractivity contribution in [3.63, 3.8) is 0 Å². The van der Waals surface area contributed by atoms with E-state index in [-0.39, 0.29) is 0 Å². The molecule has 2 aromatic rings. The molecule has 1 fully saturated rings. The SMILES string of the molecule is CNc1cccc2cnn(CC3CC3)c12. The lowest BCUT2D eigenvalue weighted by atomic mass is 10.2. The predicted molar refractivity (Wildman–Crippen MR) is 62.0 cm³/mol. The molecule has 1 aromatic carbocycles. The van der Waals surface area contributed by atoms with Gasteiger partial charge in [-0.3, -0.25) is 4.68 Å². The molecule has 1 aliphatic rings. The Balaban J connectivity index is 2.11. The molecule has 0 saturated heterocycles. The normalized spacial score (nSPS) is 15.8. The van der Waals surface area contributed by atoms with Crippen LogP contribution in [0.15, 0.2) is 24.4 Å². The van der Waals surface area contributed by atoms with Gasteiger partial charge in [0.1, 0.15) is 0 Å². The maximum atomic E-state index is 4.46. The van der Waals surface area contributed by atoms with Crippen molar-refractivity contribution < 1.29 is 0 Å². The van der Waals surface area contributed by atoms with E-state index in [0.29, 0.717) is 0 Å². The molecule has 3 heteroatoms. The van der Waals surface area contributed by atoms with Gasteiger partial charge in [0.15, 0.2) is 0 Å². The van der Waals surface area contributed by atoms with Gasteiger partial charge in [-0.2, -0.15) is 5.10 Å². The molecule has 15 heavy (non-hydrogen) atoms. The Morgan fingerprint density at radius 3 is 3.07 bits per heavy atom. The van der Waals surface area contributed by atoms with Gasteiger partial charge in [0, 0.05) is 19.0 Å². The lowest BCUT2D eigenvalue weighted by molar-refractivity contribution is 0.581. The van der Waals surface area contributed by atoms with Gasteiger partial charge in [-0.25, -0.2) is 0 Å². The fraction of sp³-hybridized carbons (Fsp3) is 0.417. The third-order valence-electron chi connectivity index (χ3n) is 3.06. The highest BCUT2D eigenvalue weighted by Gasteiger charge is 2.23. The molecule has 1 aromatic heterocycles. The molecule has 3 rings (SSSR count). The summed E-state index contributed by atoms with van der Waals surface area (Å²) in [5.41, 5.74) is 2.41. The van der Waals surface area contributed by atoms with E-state index < -0.39 is 0 Å². The number of hydrogen-bond acceptors (Lipinski definition) is 2. The van der Waals surface area contributed by atoms with Crippen LogP contribution in [0, 0.1) is 5.92 Å². The summed E-state index contributed by atoms with van der Waals surface area (Å²) in [6.07, 6.45) is 4.69. The van der Waals surface area contributed by atoms with E-state index >= 15 is 0 Å². The highest BCUT2D eigenvalue weighted by atomic mass is 15.3. The number of anilines is 1. The van der Waals surface area contributed by atoms with Gasteiger partial charge in [0.25, 0.3) is 0 Å². The van der Waals surface area contributed by atoms with E-state index in [9.17, 15) is 0 Å². The maximum absolute atomic E-state index is 4.46. The van der Waals surface area contributed by atoms with Gasteiger partial charge in [-0.05, 0) is 24.8 Å². The van der Waals surface area contributed by atoms with Crippen LogP contribution in [-0.2, 0) is 6.54 Å². The average molecular weight is 201 g/mol. The molecule has 1 aliphatic carbocycles. The Bertz CT molecular complexity index is 483. The largest absolute Gasteiger partial charge is 0.386 e. The maximum Gasteiger partial charge on any atom is 0.0913 e. The van der Waals surface area contributed by atoms with Crippen LogP contribution in [-0.4, -0.2) is 16.8 Å².